The van der Waals surface area contributed by atoms with Gasteiger partial charge in [0.05, 0.1) is 0 Å². The Hall–Kier alpha value is -1.14. The molecule has 0 aromatic rings. The number of aliphatic hydroxyl groups is 1. The van der Waals surface area contributed by atoms with Crippen LogP contribution >= 0.6 is 0 Å². The van der Waals surface area contributed by atoms with Gasteiger partial charge in [0.15, 0.2) is 0 Å². The number of carbonyl (C=O) groups is 2. The predicted molar refractivity (Wildman–Crippen MR) is 90.8 cm³/mol. The van der Waals surface area contributed by atoms with Crippen LogP contribution in [0.15, 0.2) is 0 Å². The Morgan fingerprint density at radius 2 is 1.88 bits per heavy atom. The second kappa shape index (κ2) is 5.70. The molecular formula is C21H28O3. The van der Waals surface area contributed by atoms with Gasteiger partial charge in [-0.3, -0.25) is 9.59 Å². The number of ketones is 2. The van der Waals surface area contributed by atoms with E-state index in [0.717, 1.165) is 38.5 Å². The van der Waals surface area contributed by atoms with E-state index in [4.69, 9.17) is 6.42 Å². The number of hydrogen-bond acceptors (Lipinski definition) is 3. The van der Waals surface area contributed by atoms with Gasteiger partial charge in [0.1, 0.15) is 17.7 Å². The zero-order valence-electron chi connectivity index (χ0n) is 14.5. The predicted octanol–water partition coefficient (Wildman–Crippen LogP) is 3.00. The first-order valence-electron chi connectivity index (χ1n) is 9.65. The summed E-state index contributed by atoms with van der Waals surface area (Å²) in [5.74, 6) is 5.67. The standard InChI is InChI=1S/C21H28O3/c1-3-19(23)17-11-16-14(13-5-4-12(22)10-15(13)17)8-9-21(2)18(16)6-7-20(21)24/h1,13-19,23H,4-11H2,2H3/t13-,14-,15?,16-,17-,18+,19?,21+/m1/s1. The van der Waals surface area contributed by atoms with Crippen molar-refractivity contribution in [3.63, 3.8) is 0 Å². The van der Waals surface area contributed by atoms with Gasteiger partial charge >= 0.3 is 0 Å². The highest BCUT2D eigenvalue weighted by Crippen LogP contribution is 2.62. The molecule has 2 unspecified atom stereocenters. The summed E-state index contributed by atoms with van der Waals surface area (Å²) in [7, 11) is 0. The quantitative estimate of drug-likeness (QED) is 0.753. The van der Waals surface area contributed by atoms with Gasteiger partial charge in [0.25, 0.3) is 0 Å². The molecule has 4 aliphatic carbocycles. The van der Waals surface area contributed by atoms with E-state index in [9.17, 15) is 14.7 Å². The fraction of sp³-hybridized carbons (Fsp3) is 0.810. The maximum atomic E-state index is 12.5. The zero-order chi connectivity index (χ0) is 17.1. The van der Waals surface area contributed by atoms with E-state index >= 15 is 0 Å². The highest BCUT2D eigenvalue weighted by molar-refractivity contribution is 5.87. The molecule has 8 atom stereocenters. The SMILES string of the molecule is C#CC(O)[C@@H]1C[C@@H]2[C@H](CC[C@]3(C)C(=O)CC[C@@H]23)[C@H]2CCC(=O)CC12. The number of hydrogen-bond donors (Lipinski definition) is 1. The Kier molecular flexibility index (Phi) is 3.88. The first kappa shape index (κ1) is 16.3. The summed E-state index contributed by atoms with van der Waals surface area (Å²) in [4.78, 5) is 24.5. The molecular weight excluding hydrogens is 300 g/mol. The number of fused-ring (bicyclic) bond motifs is 5. The van der Waals surface area contributed by atoms with Crippen molar-refractivity contribution in [1.82, 2.24) is 0 Å². The molecule has 0 aromatic carbocycles. The number of Topliss-reactive ketones (excluding diaryl/α,β-unsaturated/α-hetero) is 2. The second-order valence-corrected chi connectivity index (χ2v) is 8.97. The van der Waals surface area contributed by atoms with E-state index in [1.54, 1.807) is 0 Å². The van der Waals surface area contributed by atoms with Crippen LogP contribution < -0.4 is 0 Å². The number of terminal acetylenes is 1. The molecule has 4 aliphatic rings. The smallest absolute Gasteiger partial charge is 0.139 e. The van der Waals surface area contributed by atoms with Gasteiger partial charge in [-0.1, -0.05) is 12.8 Å². The summed E-state index contributed by atoms with van der Waals surface area (Å²) in [5, 5.41) is 10.4. The van der Waals surface area contributed by atoms with E-state index in [0.29, 0.717) is 48.1 Å². The Morgan fingerprint density at radius 1 is 1.12 bits per heavy atom. The molecule has 24 heavy (non-hydrogen) atoms. The maximum Gasteiger partial charge on any atom is 0.139 e. The molecule has 4 rings (SSSR count). The third-order valence-corrected chi connectivity index (χ3v) is 8.19. The van der Waals surface area contributed by atoms with Crippen molar-refractivity contribution in [1.29, 1.82) is 0 Å². The lowest BCUT2D eigenvalue weighted by atomic mass is 9.48. The molecule has 1 N–H and O–H groups in total. The summed E-state index contributed by atoms with van der Waals surface area (Å²) in [5.41, 5.74) is -0.149. The largest absolute Gasteiger partial charge is 0.380 e. The van der Waals surface area contributed by atoms with Crippen LogP contribution in [0.25, 0.3) is 0 Å². The van der Waals surface area contributed by atoms with Crippen LogP contribution in [0, 0.1) is 53.3 Å². The second-order valence-electron chi connectivity index (χ2n) is 8.97. The summed E-state index contributed by atoms with van der Waals surface area (Å²) >= 11 is 0. The summed E-state index contributed by atoms with van der Waals surface area (Å²) in [6.07, 6.45) is 11.8. The molecule has 130 valence electrons. The van der Waals surface area contributed by atoms with Crippen molar-refractivity contribution < 1.29 is 14.7 Å². The lowest BCUT2D eigenvalue weighted by molar-refractivity contribution is -0.140. The minimum absolute atomic E-state index is 0.0311. The van der Waals surface area contributed by atoms with Gasteiger partial charge in [-0.25, -0.2) is 0 Å². The van der Waals surface area contributed by atoms with E-state index in [-0.39, 0.29) is 17.3 Å². The van der Waals surface area contributed by atoms with Crippen LogP contribution in [0.2, 0.25) is 0 Å². The third-order valence-electron chi connectivity index (χ3n) is 8.19. The molecule has 0 amide bonds. The highest BCUT2D eigenvalue weighted by Gasteiger charge is 2.59. The fourth-order valence-electron chi connectivity index (χ4n) is 6.99. The summed E-state index contributed by atoms with van der Waals surface area (Å²) in [6.45, 7) is 2.17. The molecule has 0 saturated heterocycles. The van der Waals surface area contributed by atoms with E-state index < -0.39 is 6.10 Å². The summed E-state index contributed by atoms with van der Waals surface area (Å²) < 4.78 is 0. The first-order chi connectivity index (χ1) is 11.5. The van der Waals surface area contributed by atoms with Gasteiger partial charge in [0.2, 0.25) is 0 Å². The first-order valence-corrected chi connectivity index (χ1v) is 9.65. The van der Waals surface area contributed by atoms with E-state index in [1.807, 2.05) is 0 Å². The molecule has 0 heterocycles. The molecule has 0 aliphatic heterocycles. The van der Waals surface area contributed by atoms with Crippen LogP contribution in [0.3, 0.4) is 0 Å². The van der Waals surface area contributed by atoms with Crippen molar-refractivity contribution in [2.45, 2.75) is 64.4 Å². The number of rotatable bonds is 1. The average Bonchev–Trinajstić information content (AvgIpc) is 2.88. The minimum atomic E-state index is -0.755. The fourth-order valence-corrected chi connectivity index (χ4v) is 6.99. The molecule has 3 nitrogen and oxygen atoms in total. The monoisotopic (exact) mass is 328 g/mol. The van der Waals surface area contributed by atoms with Crippen LogP contribution in [-0.4, -0.2) is 22.8 Å². The topological polar surface area (TPSA) is 54.4 Å². The minimum Gasteiger partial charge on any atom is -0.380 e. The van der Waals surface area contributed by atoms with Crippen molar-refractivity contribution in [3.8, 4) is 12.3 Å². The molecule has 3 heteroatoms. The normalized spacial score (nSPS) is 48.9. The lowest BCUT2D eigenvalue weighted by Crippen LogP contribution is -2.53. The van der Waals surface area contributed by atoms with Gasteiger partial charge in [-0.05, 0) is 67.6 Å². The molecule has 0 radical (unpaired) electrons. The van der Waals surface area contributed by atoms with Crippen molar-refractivity contribution in [2.24, 2.45) is 40.9 Å². The van der Waals surface area contributed by atoms with Crippen LogP contribution in [0.4, 0.5) is 0 Å². The average molecular weight is 328 g/mol. The molecule has 0 bridgehead atoms. The zero-order valence-corrected chi connectivity index (χ0v) is 14.5. The van der Waals surface area contributed by atoms with E-state index in [1.165, 1.54) is 0 Å². The van der Waals surface area contributed by atoms with Gasteiger partial charge < -0.3 is 5.11 Å². The Morgan fingerprint density at radius 3 is 2.62 bits per heavy atom. The maximum absolute atomic E-state index is 12.5. The van der Waals surface area contributed by atoms with Crippen LogP contribution in [-0.2, 0) is 9.59 Å². The molecule has 4 saturated carbocycles. The highest BCUT2D eigenvalue weighted by atomic mass is 16.3. The Balaban J connectivity index is 1.68. The number of carbonyl (C=O) groups excluding carboxylic acids is 2. The van der Waals surface area contributed by atoms with Crippen LogP contribution in [0.5, 0.6) is 0 Å². The lowest BCUT2D eigenvalue weighted by Gasteiger charge is -2.56. The third kappa shape index (κ3) is 2.22. The van der Waals surface area contributed by atoms with Crippen LogP contribution in [0.1, 0.15) is 58.3 Å². The van der Waals surface area contributed by atoms with Crippen molar-refractivity contribution in [3.05, 3.63) is 0 Å². The van der Waals surface area contributed by atoms with E-state index in [2.05, 4.69) is 12.8 Å². The molecule has 0 aromatic heterocycles. The Bertz CT molecular complexity index is 603. The van der Waals surface area contributed by atoms with Gasteiger partial charge in [0, 0.05) is 24.7 Å². The van der Waals surface area contributed by atoms with Crippen molar-refractivity contribution >= 4 is 11.6 Å². The number of aliphatic hydroxyl groups excluding tert-OH is 1. The Labute approximate surface area is 144 Å². The molecule has 0 spiro atoms. The van der Waals surface area contributed by atoms with Gasteiger partial charge in [-0.15, -0.1) is 6.42 Å². The van der Waals surface area contributed by atoms with Gasteiger partial charge in [-0.2, -0.15) is 0 Å². The molecule has 4 fully saturated rings. The summed E-state index contributed by atoms with van der Waals surface area (Å²) in [6, 6.07) is 0. The van der Waals surface area contributed by atoms with Crippen molar-refractivity contribution in [2.75, 3.05) is 0 Å².